The highest BCUT2D eigenvalue weighted by Gasteiger charge is 2.18. The van der Waals surface area contributed by atoms with E-state index in [1.807, 2.05) is 13.8 Å². The molecule has 1 aromatic carbocycles. The number of aliphatic hydroxyl groups excluding tert-OH is 1. The van der Waals surface area contributed by atoms with E-state index in [0.29, 0.717) is 12.1 Å². The summed E-state index contributed by atoms with van der Waals surface area (Å²) < 4.78 is 18.3. The zero-order valence-corrected chi connectivity index (χ0v) is 14.1. The minimum absolute atomic E-state index is 0.0701. The zero-order chi connectivity index (χ0) is 18.3. The summed E-state index contributed by atoms with van der Waals surface area (Å²) in [6.45, 7) is 5.33. The topological polar surface area (TPSA) is 94.9 Å². The number of rotatable bonds is 4. The van der Waals surface area contributed by atoms with Crippen LogP contribution < -0.4 is 11.1 Å². The predicted octanol–water partition coefficient (Wildman–Crippen LogP) is 0.976. The molecule has 0 bridgehead atoms. The van der Waals surface area contributed by atoms with E-state index in [-0.39, 0.29) is 22.9 Å². The highest BCUT2D eigenvalue weighted by atomic mass is 19.1. The second kappa shape index (κ2) is 6.25. The van der Waals surface area contributed by atoms with E-state index in [4.69, 9.17) is 0 Å². The van der Waals surface area contributed by atoms with Crippen LogP contribution in [-0.4, -0.2) is 29.2 Å². The number of hydrogen-bond donors (Lipinski definition) is 1. The number of fused-ring (bicyclic) bond motifs is 1. The molecule has 9 heteroatoms. The molecule has 0 radical (unpaired) electrons. The molecule has 0 saturated heterocycles. The van der Waals surface area contributed by atoms with Gasteiger partial charge in [-0.15, -0.1) is 5.10 Å². The molecular weight excluding hydrogens is 329 g/mol. The molecule has 0 aliphatic carbocycles. The lowest BCUT2D eigenvalue weighted by molar-refractivity contribution is 0.264. The third-order valence-electron chi connectivity index (χ3n) is 3.99. The molecule has 0 saturated carbocycles. The van der Waals surface area contributed by atoms with Crippen molar-refractivity contribution in [3.05, 3.63) is 50.7 Å². The minimum Gasteiger partial charge on any atom is -0.388 e. The van der Waals surface area contributed by atoms with Gasteiger partial charge in [-0.05, 0) is 32.9 Å². The van der Waals surface area contributed by atoms with E-state index < -0.39 is 23.5 Å². The smallest absolute Gasteiger partial charge is 0.350 e. The Hall–Kier alpha value is -2.81. The van der Waals surface area contributed by atoms with Crippen molar-refractivity contribution in [2.45, 2.75) is 40.0 Å². The summed E-state index contributed by atoms with van der Waals surface area (Å²) in [6.07, 6.45) is 1.14. The molecule has 0 amide bonds. The molecule has 3 aromatic rings. The molecular formula is C16H18FN5O3. The van der Waals surface area contributed by atoms with Gasteiger partial charge in [-0.25, -0.2) is 9.18 Å². The Balaban J connectivity index is 2.37. The largest absolute Gasteiger partial charge is 0.388 e. The fourth-order valence-electron chi connectivity index (χ4n) is 2.79. The van der Waals surface area contributed by atoms with Crippen molar-refractivity contribution < 1.29 is 9.50 Å². The lowest BCUT2D eigenvalue weighted by Crippen LogP contribution is -2.25. The van der Waals surface area contributed by atoms with Crippen LogP contribution in [0.3, 0.4) is 0 Å². The molecule has 0 unspecified atom stereocenters. The van der Waals surface area contributed by atoms with Crippen molar-refractivity contribution in [2.24, 2.45) is 0 Å². The molecule has 25 heavy (non-hydrogen) atoms. The average molecular weight is 347 g/mol. The molecule has 8 nitrogen and oxygen atoms in total. The Morgan fingerprint density at radius 1 is 1.28 bits per heavy atom. The average Bonchev–Trinajstić information content (AvgIpc) is 2.90. The summed E-state index contributed by atoms with van der Waals surface area (Å²) in [5, 5.41) is 17.6. The van der Waals surface area contributed by atoms with Gasteiger partial charge in [0.25, 0.3) is 0 Å². The highest BCUT2D eigenvalue weighted by molar-refractivity contribution is 5.80. The number of benzene rings is 1. The molecule has 3 rings (SSSR count). The molecule has 1 N–H and O–H groups in total. The third-order valence-corrected chi connectivity index (χ3v) is 3.99. The number of aliphatic hydroxyl groups is 1. The predicted molar refractivity (Wildman–Crippen MR) is 89.3 cm³/mol. The van der Waals surface area contributed by atoms with Crippen LogP contribution in [0.1, 0.15) is 32.6 Å². The van der Waals surface area contributed by atoms with Crippen LogP contribution >= 0.6 is 0 Å². The SMILES string of the molecule is CCn1c(CO)nn(-c2cc3c(cc2F)c(=O)cnn3C(C)C)c1=O. The number of nitrogens with zero attached hydrogens (tertiary/aromatic N) is 5. The molecule has 0 atom stereocenters. The summed E-state index contributed by atoms with van der Waals surface area (Å²) in [4.78, 5) is 24.5. The lowest BCUT2D eigenvalue weighted by Gasteiger charge is -2.14. The van der Waals surface area contributed by atoms with Gasteiger partial charge >= 0.3 is 5.69 Å². The second-order valence-electron chi connectivity index (χ2n) is 5.88. The Morgan fingerprint density at radius 3 is 2.56 bits per heavy atom. The van der Waals surface area contributed by atoms with Crippen LogP contribution in [0.15, 0.2) is 27.9 Å². The third kappa shape index (κ3) is 2.66. The van der Waals surface area contributed by atoms with Gasteiger partial charge < -0.3 is 5.11 Å². The van der Waals surface area contributed by atoms with Gasteiger partial charge in [0.15, 0.2) is 5.82 Å². The first kappa shape index (κ1) is 17.0. The monoisotopic (exact) mass is 347 g/mol. The van der Waals surface area contributed by atoms with Crippen molar-refractivity contribution in [3.63, 3.8) is 0 Å². The quantitative estimate of drug-likeness (QED) is 0.759. The van der Waals surface area contributed by atoms with E-state index in [9.17, 15) is 19.1 Å². The lowest BCUT2D eigenvalue weighted by atomic mass is 10.2. The van der Waals surface area contributed by atoms with Gasteiger partial charge in [-0.1, -0.05) is 0 Å². The van der Waals surface area contributed by atoms with Crippen molar-refractivity contribution >= 4 is 10.9 Å². The van der Waals surface area contributed by atoms with Crippen LogP contribution in [0.2, 0.25) is 0 Å². The molecule has 0 aliphatic rings. The maximum atomic E-state index is 14.6. The number of halogens is 1. The van der Waals surface area contributed by atoms with Gasteiger partial charge in [-0.3, -0.25) is 14.0 Å². The first-order chi connectivity index (χ1) is 11.9. The molecule has 132 valence electrons. The molecule has 2 heterocycles. The molecule has 2 aromatic heterocycles. The van der Waals surface area contributed by atoms with Gasteiger partial charge in [0, 0.05) is 12.6 Å². The fourth-order valence-corrected chi connectivity index (χ4v) is 2.79. The maximum Gasteiger partial charge on any atom is 0.350 e. The van der Waals surface area contributed by atoms with Gasteiger partial charge in [-0.2, -0.15) is 9.78 Å². The Kier molecular flexibility index (Phi) is 4.25. The van der Waals surface area contributed by atoms with Crippen molar-refractivity contribution in [1.82, 2.24) is 24.1 Å². The van der Waals surface area contributed by atoms with E-state index in [1.165, 1.54) is 10.6 Å². The Bertz CT molecular complexity index is 1060. The van der Waals surface area contributed by atoms with Crippen LogP contribution in [0.25, 0.3) is 16.6 Å². The van der Waals surface area contributed by atoms with Crippen molar-refractivity contribution in [1.29, 1.82) is 0 Å². The first-order valence-corrected chi connectivity index (χ1v) is 7.90. The van der Waals surface area contributed by atoms with Gasteiger partial charge in [0.1, 0.15) is 18.1 Å². The van der Waals surface area contributed by atoms with Crippen LogP contribution in [0, 0.1) is 5.82 Å². The van der Waals surface area contributed by atoms with Crippen LogP contribution in [0.5, 0.6) is 0 Å². The van der Waals surface area contributed by atoms with Gasteiger partial charge in [0.05, 0.1) is 17.1 Å². The minimum atomic E-state index is -0.751. The maximum absolute atomic E-state index is 14.6. The van der Waals surface area contributed by atoms with E-state index in [1.54, 1.807) is 11.6 Å². The molecule has 0 spiro atoms. The summed E-state index contributed by atoms with van der Waals surface area (Å²) in [5.41, 5.74) is -0.657. The summed E-state index contributed by atoms with van der Waals surface area (Å²) >= 11 is 0. The highest BCUT2D eigenvalue weighted by Crippen LogP contribution is 2.20. The van der Waals surface area contributed by atoms with Gasteiger partial charge in [0.2, 0.25) is 5.43 Å². The van der Waals surface area contributed by atoms with E-state index in [0.717, 1.165) is 16.9 Å². The summed E-state index contributed by atoms with van der Waals surface area (Å²) in [5.74, 6) is -0.613. The Morgan fingerprint density at radius 2 is 2.00 bits per heavy atom. The van der Waals surface area contributed by atoms with E-state index >= 15 is 0 Å². The summed E-state index contributed by atoms with van der Waals surface area (Å²) in [6, 6.07) is 2.40. The number of aromatic nitrogens is 5. The zero-order valence-electron chi connectivity index (χ0n) is 14.1. The van der Waals surface area contributed by atoms with Crippen molar-refractivity contribution in [3.8, 4) is 5.69 Å². The second-order valence-corrected chi connectivity index (χ2v) is 5.88. The van der Waals surface area contributed by atoms with Crippen molar-refractivity contribution in [2.75, 3.05) is 0 Å². The van der Waals surface area contributed by atoms with E-state index in [2.05, 4.69) is 10.2 Å². The molecule has 0 fully saturated rings. The fraction of sp³-hybridized carbons (Fsp3) is 0.375. The Labute approximate surface area is 141 Å². The summed E-state index contributed by atoms with van der Waals surface area (Å²) in [7, 11) is 0. The standard InChI is InChI=1S/C16H18FN5O3/c1-4-20-15(8-23)19-22(16(20)25)13-6-12-10(5-11(13)17)14(24)7-18-21(12)9(2)3/h5-7,9,23H,4,8H2,1-3H3. The van der Waals surface area contributed by atoms with Crippen LogP contribution in [-0.2, 0) is 13.2 Å². The molecule has 0 aliphatic heterocycles. The normalized spacial score (nSPS) is 11.6. The first-order valence-electron chi connectivity index (χ1n) is 7.90. The number of hydrogen-bond acceptors (Lipinski definition) is 5. The van der Waals surface area contributed by atoms with Crippen LogP contribution in [0.4, 0.5) is 4.39 Å².